The molecule has 1 saturated heterocycles. The van der Waals surface area contributed by atoms with Gasteiger partial charge in [0.2, 0.25) is 0 Å². The minimum absolute atomic E-state index is 0.00984. The van der Waals surface area contributed by atoms with Crippen molar-refractivity contribution < 1.29 is 9.21 Å². The fourth-order valence-electron chi connectivity index (χ4n) is 3.76. The molecular formula is C23H21N3O2S. The van der Waals surface area contributed by atoms with E-state index in [0.717, 1.165) is 40.4 Å². The SMILES string of the molecule is Cc1ccc(-c2nc(C(=O)N3CCC(c4nc5ccccc5o4)CC3)cs2)cc1. The Morgan fingerprint density at radius 3 is 2.59 bits per heavy atom. The first-order valence-electron chi connectivity index (χ1n) is 9.85. The average molecular weight is 404 g/mol. The summed E-state index contributed by atoms with van der Waals surface area (Å²) < 4.78 is 5.92. The second-order valence-electron chi connectivity index (χ2n) is 7.49. The third-order valence-corrected chi connectivity index (χ3v) is 6.36. The Balaban J connectivity index is 1.26. The van der Waals surface area contributed by atoms with E-state index < -0.39 is 0 Å². The maximum Gasteiger partial charge on any atom is 0.273 e. The number of likely N-dealkylation sites (tertiary alicyclic amines) is 1. The predicted molar refractivity (Wildman–Crippen MR) is 114 cm³/mol. The zero-order valence-electron chi connectivity index (χ0n) is 16.2. The number of carbonyl (C=O) groups excluding carboxylic acids is 1. The molecule has 4 aromatic rings. The van der Waals surface area contributed by atoms with Crippen LogP contribution >= 0.6 is 11.3 Å². The monoisotopic (exact) mass is 403 g/mol. The predicted octanol–water partition coefficient (Wildman–Crippen LogP) is 5.28. The second-order valence-corrected chi connectivity index (χ2v) is 8.35. The van der Waals surface area contributed by atoms with Gasteiger partial charge in [0, 0.05) is 30.0 Å². The van der Waals surface area contributed by atoms with Gasteiger partial charge in [0.25, 0.3) is 5.91 Å². The van der Waals surface area contributed by atoms with E-state index in [1.54, 1.807) is 0 Å². The van der Waals surface area contributed by atoms with Crippen molar-refractivity contribution in [1.29, 1.82) is 0 Å². The highest BCUT2D eigenvalue weighted by molar-refractivity contribution is 7.13. The van der Waals surface area contributed by atoms with Crippen molar-refractivity contribution in [1.82, 2.24) is 14.9 Å². The van der Waals surface area contributed by atoms with E-state index in [1.165, 1.54) is 16.9 Å². The molecule has 5 rings (SSSR count). The molecule has 2 aromatic heterocycles. The number of rotatable bonds is 3. The van der Waals surface area contributed by atoms with Crippen LogP contribution in [0.3, 0.4) is 0 Å². The number of amides is 1. The summed E-state index contributed by atoms with van der Waals surface area (Å²) >= 11 is 1.52. The van der Waals surface area contributed by atoms with Crippen molar-refractivity contribution in [3.8, 4) is 10.6 Å². The van der Waals surface area contributed by atoms with Crippen LogP contribution in [-0.2, 0) is 0 Å². The first-order valence-corrected chi connectivity index (χ1v) is 10.7. The van der Waals surface area contributed by atoms with E-state index in [9.17, 15) is 4.79 Å². The number of hydrogen-bond acceptors (Lipinski definition) is 5. The number of hydrogen-bond donors (Lipinski definition) is 0. The van der Waals surface area contributed by atoms with Crippen molar-refractivity contribution in [2.24, 2.45) is 0 Å². The van der Waals surface area contributed by atoms with Gasteiger partial charge in [-0.2, -0.15) is 0 Å². The van der Waals surface area contributed by atoms with Gasteiger partial charge in [-0.3, -0.25) is 4.79 Å². The Morgan fingerprint density at radius 2 is 1.83 bits per heavy atom. The number of fused-ring (bicyclic) bond motifs is 1. The zero-order valence-corrected chi connectivity index (χ0v) is 17.0. The maximum atomic E-state index is 12.9. The highest BCUT2D eigenvalue weighted by Crippen LogP contribution is 2.31. The molecule has 1 amide bonds. The summed E-state index contributed by atoms with van der Waals surface area (Å²) in [5.41, 5.74) is 4.52. The van der Waals surface area contributed by atoms with Gasteiger partial charge in [-0.15, -0.1) is 11.3 Å². The molecule has 0 saturated carbocycles. The normalized spacial score (nSPS) is 15.1. The molecule has 29 heavy (non-hydrogen) atoms. The first kappa shape index (κ1) is 18.1. The highest BCUT2D eigenvalue weighted by atomic mass is 32.1. The lowest BCUT2D eigenvalue weighted by atomic mass is 9.96. The van der Waals surface area contributed by atoms with Crippen LogP contribution in [0.25, 0.3) is 21.7 Å². The molecule has 0 radical (unpaired) electrons. The average Bonchev–Trinajstić information content (AvgIpc) is 3.41. The van der Waals surface area contributed by atoms with E-state index in [4.69, 9.17) is 4.42 Å². The fraction of sp³-hybridized carbons (Fsp3) is 0.261. The Kier molecular flexibility index (Phi) is 4.64. The lowest BCUT2D eigenvalue weighted by Crippen LogP contribution is -2.38. The summed E-state index contributed by atoms with van der Waals surface area (Å²) in [6, 6.07) is 16.1. The molecule has 1 fully saturated rings. The summed E-state index contributed by atoms with van der Waals surface area (Å²) in [6.45, 7) is 3.45. The molecule has 0 aliphatic carbocycles. The van der Waals surface area contributed by atoms with Crippen LogP contribution in [0.15, 0.2) is 58.3 Å². The van der Waals surface area contributed by atoms with Crippen LogP contribution in [0.5, 0.6) is 0 Å². The van der Waals surface area contributed by atoms with Crippen LogP contribution in [0.4, 0.5) is 0 Å². The van der Waals surface area contributed by atoms with E-state index in [1.807, 2.05) is 46.7 Å². The van der Waals surface area contributed by atoms with Gasteiger partial charge in [0.1, 0.15) is 16.2 Å². The number of oxazole rings is 1. The van der Waals surface area contributed by atoms with Gasteiger partial charge in [0.05, 0.1) is 0 Å². The third kappa shape index (κ3) is 3.56. The molecular weight excluding hydrogens is 382 g/mol. The summed E-state index contributed by atoms with van der Waals surface area (Å²) in [5.74, 6) is 1.05. The Labute approximate surface area is 173 Å². The molecule has 0 unspecified atom stereocenters. The van der Waals surface area contributed by atoms with Gasteiger partial charge in [0.15, 0.2) is 11.5 Å². The van der Waals surface area contributed by atoms with Crippen molar-refractivity contribution in [3.05, 3.63) is 71.1 Å². The van der Waals surface area contributed by atoms with E-state index in [0.29, 0.717) is 18.8 Å². The van der Waals surface area contributed by atoms with Crippen molar-refractivity contribution in [3.63, 3.8) is 0 Å². The molecule has 3 heterocycles. The highest BCUT2D eigenvalue weighted by Gasteiger charge is 2.28. The van der Waals surface area contributed by atoms with Crippen LogP contribution in [0, 0.1) is 6.92 Å². The van der Waals surface area contributed by atoms with Crippen LogP contribution in [0.2, 0.25) is 0 Å². The van der Waals surface area contributed by atoms with Crippen molar-refractivity contribution in [2.75, 3.05) is 13.1 Å². The van der Waals surface area contributed by atoms with Gasteiger partial charge in [-0.05, 0) is 31.9 Å². The number of carbonyl (C=O) groups is 1. The van der Waals surface area contributed by atoms with E-state index in [2.05, 4.69) is 29.0 Å². The van der Waals surface area contributed by atoms with Gasteiger partial charge in [-0.1, -0.05) is 42.0 Å². The molecule has 146 valence electrons. The smallest absolute Gasteiger partial charge is 0.273 e. The third-order valence-electron chi connectivity index (χ3n) is 5.46. The summed E-state index contributed by atoms with van der Waals surface area (Å²) in [4.78, 5) is 24.0. The minimum Gasteiger partial charge on any atom is -0.440 e. The molecule has 0 spiro atoms. The number of nitrogens with zero attached hydrogens (tertiary/aromatic N) is 3. The van der Waals surface area contributed by atoms with Crippen molar-refractivity contribution >= 4 is 28.3 Å². The van der Waals surface area contributed by atoms with Gasteiger partial charge < -0.3 is 9.32 Å². The van der Waals surface area contributed by atoms with E-state index in [-0.39, 0.29) is 11.8 Å². The molecule has 1 aliphatic heterocycles. The fourth-order valence-corrected chi connectivity index (χ4v) is 4.56. The van der Waals surface area contributed by atoms with Gasteiger partial charge >= 0.3 is 0 Å². The molecule has 6 heteroatoms. The molecule has 5 nitrogen and oxygen atoms in total. The van der Waals surface area contributed by atoms with Gasteiger partial charge in [-0.25, -0.2) is 9.97 Å². The van der Waals surface area contributed by atoms with Crippen LogP contribution in [0.1, 0.15) is 40.7 Å². The topological polar surface area (TPSA) is 59.2 Å². The Morgan fingerprint density at radius 1 is 1.07 bits per heavy atom. The first-order chi connectivity index (χ1) is 14.2. The standard InChI is InChI=1S/C23H21N3O2S/c1-15-6-8-17(9-7-15)22-25-19(14-29-22)23(27)26-12-10-16(11-13-26)21-24-18-4-2-3-5-20(18)28-21/h2-9,14,16H,10-13H2,1H3. The van der Waals surface area contributed by atoms with Crippen LogP contribution in [-0.4, -0.2) is 33.9 Å². The number of thiazole rings is 1. The number of para-hydroxylation sites is 2. The van der Waals surface area contributed by atoms with E-state index >= 15 is 0 Å². The zero-order chi connectivity index (χ0) is 19.8. The maximum absolute atomic E-state index is 12.9. The minimum atomic E-state index is 0.00984. The largest absolute Gasteiger partial charge is 0.440 e. The number of aromatic nitrogens is 2. The summed E-state index contributed by atoms with van der Waals surface area (Å²) in [6.07, 6.45) is 1.71. The quantitative estimate of drug-likeness (QED) is 0.467. The molecule has 0 N–H and O–H groups in total. The second kappa shape index (κ2) is 7.44. The molecule has 1 aliphatic rings. The Hall–Kier alpha value is -2.99. The summed E-state index contributed by atoms with van der Waals surface area (Å²) in [5, 5.41) is 2.75. The summed E-state index contributed by atoms with van der Waals surface area (Å²) in [7, 11) is 0. The number of aryl methyl sites for hydroxylation is 1. The lowest BCUT2D eigenvalue weighted by molar-refractivity contribution is 0.0701. The van der Waals surface area contributed by atoms with Crippen LogP contribution < -0.4 is 0 Å². The molecule has 0 atom stereocenters. The lowest BCUT2D eigenvalue weighted by Gasteiger charge is -2.30. The number of piperidine rings is 1. The van der Waals surface area contributed by atoms with Crippen molar-refractivity contribution in [2.45, 2.75) is 25.7 Å². The number of benzene rings is 2. The molecule has 0 bridgehead atoms. The Bertz CT molecular complexity index is 1120. The molecule has 2 aromatic carbocycles.